The van der Waals surface area contributed by atoms with Gasteiger partial charge in [0.25, 0.3) is 0 Å². The molecule has 0 spiro atoms. The molecule has 0 saturated heterocycles. The third-order valence-corrected chi connectivity index (χ3v) is 5.04. The molecule has 1 heterocycles. The minimum atomic E-state index is 0.178. The van der Waals surface area contributed by atoms with Crippen LogP contribution < -0.4 is 4.74 Å². The Hall–Kier alpha value is -1.28. The largest absolute Gasteiger partial charge is 0.488 e. The van der Waals surface area contributed by atoms with E-state index >= 15 is 0 Å². The zero-order chi connectivity index (χ0) is 14.1. The smallest absolute Gasteiger partial charge is 0.123 e. The first-order valence-corrected chi connectivity index (χ1v) is 8.05. The second kappa shape index (κ2) is 5.61. The normalized spacial score (nSPS) is 18.7. The summed E-state index contributed by atoms with van der Waals surface area (Å²) in [5.41, 5.74) is 3.97. The molecule has 2 aromatic rings. The van der Waals surface area contributed by atoms with E-state index in [0.717, 1.165) is 12.2 Å². The lowest BCUT2D eigenvalue weighted by Crippen LogP contribution is -2.19. The number of benzene rings is 2. The Bertz CT molecular complexity index is 564. The molecule has 0 N–H and O–H groups in total. The van der Waals surface area contributed by atoms with Gasteiger partial charge in [0.15, 0.2) is 0 Å². The van der Waals surface area contributed by atoms with E-state index in [4.69, 9.17) is 4.74 Å². The summed E-state index contributed by atoms with van der Waals surface area (Å²) in [5.74, 6) is 1.60. The Morgan fingerprint density at radius 2 is 1.65 bits per heavy atom. The fraction of sp³-hybridized carbons (Fsp3) is 0.333. The molecule has 0 saturated carbocycles. The summed E-state index contributed by atoms with van der Waals surface area (Å²) in [7, 11) is 0. The van der Waals surface area contributed by atoms with E-state index < -0.39 is 0 Å². The van der Waals surface area contributed by atoms with Crippen molar-refractivity contribution in [3.8, 4) is 5.75 Å². The Balaban J connectivity index is 1.76. The number of fused-ring (bicyclic) bond motifs is 1. The first-order chi connectivity index (χ1) is 9.65. The molecule has 20 heavy (non-hydrogen) atoms. The Labute approximate surface area is 129 Å². The van der Waals surface area contributed by atoms with Gasteiger partial charge in [-0.25, -0.2) is 0 Å². The van der Waals surface area contributed by atoms with Crippen molar-refractivity contribution < 1.29 is 4.74 Å². The van der Waals surface area contributed by atoms with Gasteiger partial charge in [0.1, 0.15) is 11.9 Å². The number of rotatable bonds is 3. The molecule has 0 fully saturated rings. The van der Waals surface area contributed by atoms with Gasteiger partial charge >= 0.3 is 0 Å². The van der Waals surface area contributed by atoms with E-state index in [1.165, 1.54) is 16.7 Å². The average Bonchev–Trinajstić information content (AvgIpc) is 2.90. The molecule has 0 aromatic heterocycles. The molecule has 1 aliphatic heterocycles. The van der Waals surface area contributed by atoms with Crippen molar-refractivity contribution >= 4 is 15.9 Å². The summed E-state index contributed by atoms with van der Waals surface area (Å²) in [6.07, 6.45) is 1.15. The van der Waals surface area contributed by atoms with Gasteiger partial charge in [-0.2, -0.15) is 0 Å². The van der Waals surface area contributed by atoms with E-state index in [-0.39, 0.29) is 10.9 Å². The first-order valence-electron chi connectivity index (χ1n) is 7.13. The Morgan fingerprint density at radius 1 is 1.00 bits per heavy atom. The van der Waals surface area contributed by atoms with Crippen LogP contribution in [0.4, 0.5) is 0 Å². The van der Waals surface area contributed by atoms with Gasteiger partial charge in [-0.1, -0.05) is 72.2 Å². The highest BCUT2D eigenvalue weighted by Gasteiger charge is 2.29. The van der Waals surface area contributed by atoms with Crippen LogP contribution >= 0.6 is 15.9 Å². The van der Waals surface area contributed by atoms with Crippen LogP contribution in [-0.4, -0.2) is 6.10 Å². The molecule has 1 aliphatic rings. The summed E-state index contributed by atoms with van der Waals surface area (Å²) >= 11 is 3.81. The molecule has 0 bridgehead atoms. The molecule has 2 heteroatoms. The third kappa shape index (κ3) is 2.62. The highest BCUT2D eigenvalue weighted by Crippen LogP contribution is 2.38. The average molecular weight is 331 g/mol. The zero-order valence-electron chi connectivity index (χ0n) is 11.8. The van der Waals surface area contributed by atoms with Gasteiger partial charge in [-0.15, -0.1) is 0 Å². The minimum Gasteiger partial charge on any atom is -0.488 e. The summed E-state index contributed by atoms with van der Waals surface area (Å²) < 4.78 is 6.05. The third-order valence-electron chi connectivity index (χ3n) is 3.92. The van der Waals surface area contributed by atoms with Crippen molar-refractivity contribution in [1.29, 1.82) is 0 Å². The lowest BCUT2D eigenvalue weighted by molar-refractivity contribution is 0.232. The summed E-state index contributed by atoms with van der Waals surface area (Å²) in [5, 5.41) is 0. The highest BCUT2D eigenvalue weighted by molar-refractivity contribution is 9.09. The van der Waals surface area contributed by atoms with Crippen LogP contribution in [0.5, 0.6) is 5.75 Å². The van der Waals surface area contributed by atoms with E-state index in [1.54, 1.807) is 0 Å². The number of hydrogen-bond acceptors (Lipinski definition) is 1. The monoisotopic (exact) mass is 330 g/mol. The van der Waals surface area contributed by atoms with Crippen LogP contribution in [-0.2, 0) is 6.42 Å². The molecule has 2 aromatic carbocycles. The summed E-state index contributed by atoms with van der Waals surface area (Å²) in [6.45, 7) is 4.44. The van der Waals surface area contributed by atoms with Crippen molar-refractivity contribution in [2.75, 3.05) is 0 Å². The topological polar surface area (TPSA) is 9.23 Å². The SMILES string of the molecule is CC(C)c1ccc(C(Br)C2Cc3ccccc3O2)cc1. The lowest BCUT2D eigenvalue weighted by Gasteiger charge is -2.18. The van der Waals surface area contributed by atoms with Crippen molar-refractivity contribution in [3.05, 3.63) is 65.2 Å². The first kappa shape index (κ1) is 13.7. The second-order valence-electron chi connectivity index (χ2n) is 5.69. The van der Waals surface area contributed by atoms with E-state index in [9.17, 15) is 0 Å². The predicted molar refractivity (Wildman–Crippen MR) is 86.8 cm³/mol. The van der Waals surface area contributed by atoms with Gasteiger partial charge in [0.2, 0.25) is 0 Å². The van der Waals surface area contributed by atoms with Crippen molar-refractivity contribution in [2.45, 2.75) is 37.1 Å². The molecule has 0 aliphatic carbocycles. The van der Waals surface area contributed by atoms with Gasteiger partial charge < -0.3 is 4.74 Å². The fourth-order valence-electron chi connectivity index (χ4n) is 2.65. The van der Waals surface area contributed by atoms with Gasteiger partial charge in [-0.05, 0) is 28.7 Å². The van der Waals surface area contributed by atoms with Crippen molar-refractivity contribution in [1.82, 2.24) is 0 Å². The van der Waals surface area contributed by atoms with Crippen LogP contribution in [0.25, 0.3) is 0 Å². The highest BCUT2D eigenvalue weighted by atomic mass is 79.9. The van der Waals surface area contributed by atoms with Gasteiger partial charge in [0.05, 0.1) is 4.83 Å². The van der Waals surface area contributed by atoms with Crippen LogP contribution in [0.15, 0.2) is 48.5 Å². The van der Waals surface area contributed by atoms with Crippen molar-refractivity contribution in [2.24, 2.45) is 0 Å². The summed E-state index contributed by atoms with van der Waals surface area (Å²) in [6, 6.07) is 17.2. The van der Waals surface area contributed by atoms with Gasteiger partial charge in [0, 0.05) is 6.42 Å². The summed E-state index contributed by atoms with van der Waals surface area (Å²) in [4.78, 5) is 0.233. The number of para-hydroxylation sites is 1. The molecule has 3 rings (SSSR count). The standard InChI is InChI=1S/C18H19BrO/c1-12(2)13-7-9-14(10-8-13)18(19)17-11-15-5-3-4-6-16(15)20-17/h3-10,12,17-18H,11H2,1-2H3. The molecule has 0 radical (unpaired) electrons. The van der Waals surface area contributed by atoms with Gasteiger partial charge in [-0.3, -0.25) is 0 Å². The molecule has 0 amide bonds. The van der Waals surface area contributed by atoms with Crippen LogP contribution in [0.3, 0.4) is 0 Å². The van der Waals surface area contributed by atoms with Crippen LogP contribution in [0, 0.1) is 0 Å². The predicted octanol–water partition coefficient (Wildman–Crippen LogP) is 5.25. The molecule has 2 atom stereocenters. The van der Waals surface area contributed by atoms with E-state index in [0.29, 0.717) is 5.92 Å². The number of alkyl halides is 1. The maximum atomic E-state index is 6.05. The zero-order valence-corrected chi connectivity index (χ0v) is 13.4. The number of ether oxygens (including phenoxy) is 1. The molecular formula is C18H19BrO. The lowest BCUT2D eigenvalue weighted by atomic mass is 9.98. The van der Waals surface area contributed by atoms with E-state index in [2.05, 4.69) is 72.2 Å². The minimum absolute atomic E-state index is 0.178. The fourth-order valence-corrected chi connectivity index (χ4v) is 3.25. The Morgan fingerprint density at radius 3 is 2.30 bits per heavy atom. The number of halogens is 1. The van der Waals surface area contributed by atoms with E-state index in [1.807, 2.05) is 6.07 Å². The molecule has 104 valence electrons. The molecule has 1 nitrogen and oxygen atoms in total. The van der Waals surface area contributed by atoms with Crippen LogP contribution in [0.1, 0.15) is 41.3 Å². The number of hydrogen-bond donors (Lipinski definition) is 0. The maximum absolute atomic E-state index is 6.05. The van der Waals surface area contributed by atoms with Crippen LogP contribution in [0.2, 0.25) is 0 Å². The maximum Gasteiger partial charge on any atom is 0.123 e. The molecular weight excluding hydrogens is 312 g/mol. The Kier molecular flexibility index (Phi) is 3.84. The quantitative estimate of drug-likeness (QED) is 0.698. The van der Waals surface area contributed by atoms with Crippen molar-refractivity contribution in [3.63, 3.8) is 0 Å². The second-order valence-corrected chi connectivity index (χ2v) is 6.68. The molecule has 2 unspecified atom stereocenters.